The lowest BCUT2D eigenvalue weighted by atomic mass is 10.0. The second kappa shape index (κ2) is 10.5. The van der Waals surface area contributed by atoms with Crippen molar-refractivity contribution in [1.29, 1.82) is 0 Å². The molecular formula is C26H26N4O2. The van der Waals surface area contributed by atoms with Crippen LogP contribution in [-0.2, 0) is 24.1 Å². The van der Waals surface area contributed by atoms with Gasteiger partial charge in [0.2, 0.25) is 17.7 Å². The number of aryl methyl sites for hydroxylation is 1. The van der Waals surface area contributed by atoms with E-state index >= 15 is 0 Å². The molecule has 0 spiro atoms. The van der Waals surface area contributed by atoms with Crippen LogP contribution in [0.15, 0.2) is 83.4 Å². The summed E-state index contributed by atoms with van der Waals surface area (Å²) in [6, 6.07) is 24.4. The lowest BCUT2D eigenvalue weighted by Crippen LogP contribution is -2.29. The molecule has 0 aliphatic carbocycles. The molecule has 6 nitrogen and oxygen atoms in total. The largest absolute Gasteiger partial charge is 0.425 e. The number of rotatable bonds is 9. The highest BCUT2D eigenvalue weighted by Gasteiger charge is 2.13. The molecule has 0 bridgehead atoms. The molecule has 0 fully saturated rings. The molecule has 0 saturated heterocycles. The standard InChI is InChI=1S/C26H26N4O2/c1-30(18-16-23-9-5-6-17-27-23)26(31)15-14-24-28-29-25(32-24)19-20-10-12-22(13-11-20)21-7-3-2-4-8-21/h2-13,17H,14-16,18-19H2,1H3. The lowest BCUT2D eigenvalue weighted by Gasteiger charge is -2.16. The van der Waals surface area contributed by atoms with Gasteiger partial charge in [0.05, 0.1) is 6.42 Å². The molecule has 6 heteroatoms. The molecule has 0 atom stereocenters. The van der Waals surface area contributed by atoms with Gasteiger partial charge in [-0.05, 0) is 28.8 Å². The van der Waals surface area contributed by atoms with Gasteiger partial charge in [0.15, 0.2) is 0 Å². The molecule has 0 N–H and O–H groups in total. The van der Waals surface area contributed by atoms with E-state index in [0.717, 1.165) is 17.7 Å². The van der Waals surface area contributed by atoms with Crippen molar-refractivity contribution >= 4 is 5.91 Å². The van der Waals surface area contributed by atoms with E-state index in [0.29, 0.717) is 37.6 Å². The molecule has 0 aliphatic rings. The number of carbonyl (C=O) groups is 1. The van der Waals surface area contributed by atoms with Crippen molar-refractivity contribution in [3.05, 3.63) is 102 Å². The van der Waals surface area contributed by atoms with Crippen LogP contribution in [0.2, 0.25) is 0 Å². The normalized spacial score (nSPS) is 10.8. The molecule has 4 rings (SSSR count). The Hall–Kier alpha value is -3.80. The quantitative estimate of drug-likeness (QED) is 0.398. The maximum absolute atomic E-state index is 12.4. The van der Waals surface area contributed by atoms with E-state index in [2.05, 4.69) is 51.6 Å². The van der Waals surface area contributed by atoms with E-state index in [1.54, 1.807) is 11.1 Å². The van der Waals surface area contributed by atoms with Crippen molar-refractivity contribution < 1.29 is 9.21 Å². The van der Waals surface area contributed by atoms with E-state index in [-0.39, 0.29) is 5.91 Å². The fourth-order valence-electron chi connectivity index (χ4n) is 3.44. The molecule has 0 aliphatic heterocycles. The molecule has 2 aromatic heterocycles. The highest BCUT2D eigenvalue weighted by molar-refractivity contribution is 5.76. The Morgan fingerprint density at radius 2 is 1.56 bits per heavy atom. The van der Waals surface area contributed by atoms with Gasteiger partial charge in [-0.1, -0.05) is 60.7 Å². The van der Waals surface area contributed by atoms with E-state index in [1.807, 2.05) is 43.4 Å². The predicted octanol–water partition coefficient (Wildman–Crippen LogP) is 4.36. The second-order valence-electron chi connectivity index (χ2n) is 7.72. The third kappa shape index (κ3) is 5.88. The first kappa shape index (κ1) is 21.4. The number of hydrogen-bond acceptors (Lipinski definition) is 5. The van der Waals surface area contributed by atoms with Crippen molar-refractivity contribution in [2.45, 2.75) is 25.7 Å². The topological polar surface area (TPSA) is 72.1 Å². The maximum atomic E-state index is 12.4. The number of pyridine rings is 1. The van der Waals surface area contributed by atoms with Gasteiger partial charge in [-0.2, -0.15) is 0 Å². The first-order valence-corrected chi connectivity index (χ1v) is 10.8. The van der Waals surface area contributed by atoms with Crippen molar-refractivity contribution in [1.82, 2.24) is 20.1 Å². The Morgan fingerprint density at radius 1 is 0.844 bits per heavy atom. The summed E-state index contributed by atoms with van der Waals surface area (Å²) in [4.78, 5) is 18.4. The van der Waals surface area contributed by atoms with Crippen molar-refractivity contribution in [2.75, 3.05) is 13.6 Å². The number of likely N-dealkylation sites (N-methyl/N-ethyl adjacent to an activating group) is 1. The summed E-state index contributed by atoms with van der Waals surface area (Å²) in [6.45, 7) is 0.629. The first-order chi connectivity index (χ1) is 15.7. The van der Waals surface area contributed by atoms with E-state index in [1.165, 1.54) is 11.1 Å². The SMILES string of the molecule is CN(CCc1ccccn1)C(=O)CCc1nnc(Cc2ccc(-c3ccccc3)cc2)o1. The Kier molecular flexibility index (Phi) is 7.02. The highest BCUT2D eigenvalue weighted by atomic mass is 16.4. The number of aromatic nitrogens is 3. The zero-order chi connectivity index (χ0) is 22.2. The molecule has 32 heavy (non-hydrogen) atoms. The molecule has 2 heterocycles. The van der Waals surface area contributed by atoms with E-state index in [9.17, 15) is 4.79 Å². The Labute approximate surface area is 188 Å². The van der Waals surface area contributed by atoms with Crippen LogP contribution in [-0.4, -0.2) is 39.6 Å². The van der Waals surface area contributed by atoms with Crippen LogP contribution in [0.1, 0.15) is 29.5 Å². The van der Waals surface area contributed by atoms with Gasteiger partial charge in [0, 0.05) is 44.7 Å². The van der Waals surface area contributed by atoms with Gasteiger partial charge in [-0.25, -0.2) is 0 Å². The third-order valence-electron chi connectivity index (χ3n) is 5.33. The van der Waals surface area contributed by atoms with Crippen molar-refractivity contribution in [2.24, 2.45) is 0 Å². The summed E-state index contributed by atoms with van der Waals surface area (Å²) in [5, 5.41) is 8.25. The average molecular weight is 427 g/mol. The molecule has 0 saturated carbocycles. The number of hydrogen-bond donors (Lipinski definition) is 0. The molecular weight excluding hydrogens is 400 g/mol. The number of nitrogens with zero attached hydrogens (tertiary/aromatic N) is 4. The molecule has 162 valence electrons. The minimum absolute atomic E-state index is 0.0529. The molecule has 0 unspecified atom stereocenters. The van der Waals surface area contributed by atoms with Gasteiger partial charge in [0.25, 0.3) is 0 Å². The molecule has 4 aromatic rings. The number of carbonyl (C=O) groups excluding carboxylic acids is 1. The van der Waals surface area contributed by atoms with Gasteiger partial charge in [0.1, 0.15) is 0 Å². The summed E-state index contributed by atoms with van der Waals surface area (Å²) >= 11 is 0. The van der Waals surface area contributed by atoms with Crippen LogP contribution < -0.4 is 0 Å². The molecule has 2 aromatic carbocycles. The molecule has 1 amide bonds. The van der Waals surface area contributed by atoms with Crippen LogP contribution in [0.3, 0.4) is 0 Å². The van der Waals surface area contributed by atoms with Crippen LogP contribution in [0.25, 0.3) is 11.1 Å². The van der Waals surface area contributed by atoms with Crippen LogP contribution >= 0.6 is 0 Å². The number of amides is 1. The Morgan fingerprint density at radius 3 is 2.31 bits per heavy atom. The van der Waals surface area contributed by atoms with E-state index < -0.39 is 0 Å². The van der Waals surface area contributed by atoms with Crippen LogP contribution in [0.4, 0.5) is 0 Å². The summed E-state index contributed by atoms with van der Waals surface area (Å²) in [7, 11) is 1.81. The Balaban J connectivity index is 1.25. The minimum Gasteiger partial charge on any atom is -0.425 e. The van der Waals surface area contributed by atoms with Crippen molar-refractivity contribution in [3.63, 3.8) is 0 Å². The third-order valence-corrected chi connectivity index (χ3v) is 5.33. The van der Waals surface area contributed by atoms with E-state index in [4.69, 9.17) is 4.42 Å². The van der Waals surface area contributed by atoms with Crippen LogP contribution in [0, 0.1) is 0 Å². The maximum Gasteiger partial charge on any atom is 0.222 e. The zero-order valence-electron chi connectivity index (χ0n) is 18.1. The average Bonchev–Trinajstić information content (AvgIpc) is 3.30. The fraction of sp³-hybridized carbons (Fsp3) is 0.231. The predicted molar refractivity (Wildman–Crippen MR) is 123 cm³/mol. The Bertz CT molecular complexity index is 1130. The summed E-state index contributed by atoms with van der Waals surface area (Å²) < 4.78 is 5.76. The minimum atomic E-state index is 0.0529. The van der Waals surface area contributed by atoms with Crippen molar-refractivity contribution in [3.8, 4) is 11.1 Å². The van der Waals surface area contributed by atoms with Gasteiger partial charge < -0.3 is 9.32 Å². The number of benzene rings is 2. The summed E-state index contributed by atoms with van der Waals surface area (Å²) in [6.07, 6.45) is 3.84. The van der Waals surface area contributed by atoms with Gasteiger partial charge >= 0.3 is 0 Å². The molecule has 0 radical (unpaired) electrons. The highest BCUT2D eigenvalue weighted by Crippen LogP contribution is 2.20. The second-order valence-corrected chi connectivity index (χ2v) is 7.72. The first-order valence-electron chi connectivity index (χ1n) is 10.8. The summed E-state index contributed by atoms with van der Waals surface area (Å²) in [5.74, 6) is 1.10. The smallest absolute Gasteiger partial charge is 0.222 e. The lowest BCUT2D eigenvalue weighted by molar-refractivity contribution is -0.129. The monoisotopic (exact) mass is 426 g/mol. The zero-order valence-corrected chi connectivity index (χ0v) is 18.1. The van der Waals surface area contributed by atoms with Gasteiger partial charge in [-0.15, -0.1) is 10.2 Å². The fourth-order valence-corrected chi connectivity index (χ4v) is 3.44. The summed E-state index contributed by atoms with van der Waals surface area (Å²) in [5.41, 5.74) is 4.44. The van der Waals surface area contributed by atoms with Gasteiger partial charge in [-0.3, -0.25) is 9.78 Å². The van der Waals surface area contributed by atoms with Crippen LogP contribution in [0.5, 0.6) is 0 Å².